The molecule has 0 amide bonds. The van der Waals surface area contributed by atoms with Gasteiger partial charge in [-0.1, -0.05) is 31.5 Å². The fraction of sp³-hybridized carbons (Fsp3) is 0.200. The van der Waals surface area contributed by atoms with Crippen LogP contribution < -0.4 is 4.74 Å². The Morgan fingerprint density at radius 2 is 1.62 bits per heavy atom. The van der Waals surface area contributed by atoms with Crippen molar-refractivity contribution in [2.45, 2.75) is 29.9 Å². The molecule has 3 rings (SSSR count). The molecule has 29 heavy (non-hydrogen) atoms. The third-order valence-corrected chi connectivity index (χ3v) is 4.25. The number of nitrogens with zero attached hydrogens (tertiary/aromatic N) is 4. The van der Waals surface area contributed by atoms with E-state index >= 15 is 0 Å². The highest BCUT2D eigenvalue weighted by molar-refractivity contribution is 7.99. The molecule has 0 radical (unpaired) electrons. The Labute approximate surface area is 170 Å². The molecule has 0 aliphatic heterocycles. The quantitative estimate of drug-likeness (QED) is 0.535. The summed E-state index contributed by atoms with van der Waals surface area (Å²) in [6.45, 7) is 4.06. The molecule has 0 bridgehead atoms. The lowest BCUT2D eigenvalue weighted by Crippen LogP contribution is -2.03. The van der Waals surface area contributed by atoms with Gasteiger partial charge in [0.1, 0.15) is 10.7 Å². The number of ether oxygens (including phenoxy) is 1. The average Bonchev–Trinajstić information content (AvgIpc) is 2.74. The Hall–Kier alpha value is -3.12. The highest BCUT2D eigenvalue weighted by atomic mass is 32.2. The molecule has 0 spiro atoms. The topological polar surface area (TPSA) is 60.8 Å². The van der Waals surface area contributed by atoms with E-state index < -0.39 is 11.7 Å². The van der Waals surface area contributed by atoms with Crippen LogP contribution in [-0.2, 0) is 6.18 Å². The Morgan fingerprint density at radius 3 is 2.21 bits per heavy atom. The van der Waals surface area contributed by atoms with Gasteiger partial charge in [0.25, 0.3) is 0 Å². The van der Waals surface area contributed by atoms with Crippen molar-refractivity contribution in [2.24, 2.45) is 0 Å². The molecule has 150 valence electrons. The van der Waals surface area contributed by atoms with Crippen molar-refractivity contribution < 1.29 is 17.9 Å². The van der Waals surface area contributed by atoms with Crippen molar-refractivity contribution in [1.29, 1.82) is 0 Å². The fourth-order valence-electron chi connectivity index (χ4n) is 2.04. The summed E-state index contributed by atoms with van der Waals surface area (Å²) in [5, 5.41) is 0.512. The van der Waals surface area contributed by atoms with E-state index in [0.717, 1.165) is 12.1 Å². The summed E-state index contributed by atoms with van der Waals surface area (Å²) in [7, 11) is 0. The highest BCUT2D eigenvalue weighted by Crippen LogP contribution is 2.35. The third-order valence-electron chi connectivity index (χ3n) is 3.25. The summed E-state index contributed by atoms with van der Waals surface area (Å²) in [5.74, 6) is 2.31. The minimum atomic E-state index is -4.37. The first-order valence-corrected chi connectivity index (χ1v) is 9.34. The molecule has 2 heterocycles. The molecule has 0 aliphatic carbocycles. The summed E-state index contributed by atoms with van der Waals surface area (Å²) in [6.07, 6.45) is 6.77. The lowest BCUT2D eigenvalue weighted by molar-refractivity contribution is -0.137. The Balaban J connectivity index is 0.00000145. The van der Waals surface area contributed by atoms with Crippen LogP contribution in [0.3, 0.4) is 0 Å². The van der Waals surface area contributed by atoms with Crippen molar-refractivity contribution >= 4 is 11.8 Å². The second kappa shape index (κ2) is 10.4. The number of terminal acetylenes is 1. The van der Waals surface area contributed by atoms with Gasteiger partial charge >= 0.3 is 12.2 Å². The Kier molecular flexibility index (Phi) is 7.98. The molecule has 3 aromatic rings. The monoisotopic (exact) mass is 418 g/mol. The fourth-order valence-corrected chi connectivity index (χ4v) is 2.92. The van der Waals surface area contributed by atoms with Crippen LogP contribution in [0.25, 0.3) is 11.3 Å². The normalized spacial score (nSPS) is 10.5. The second-order valence-electron chi connectivity index (χ2n) is 5.08. The van der Waals surface area contributed by atoms with Crippen LogP contribution in [0.1, 0.15) is 19.4 Å². The maximum absolute atomic E-state index is 12.7. The molecule has 1 aromatic carbocycles. The van der Waals surface area contributed by atoms with Crippen LogP contribution in [0.5, 0.6) is 6.01 Å². The van der Waals surface area contributed by atoms with Crippen molar-refractivity contribution in [3.8, 4) is 29.6 Å². The number of alkyl halides is 3. The smallest absolute Gasteiger partial charge is 0.416 e. The average molecular weight is 418 g/mol. The van der Waals surface area contributed by atoms with Gasteiger partial charge in [-0.3, -0.25) is 4.98 Å². The molecule has 2 aromatic heterocycles. The van der Waals surface area contributed by atoms with Crippen LogP contribution in [-0.4, -0.2) is 26.5 Å². The van der Waals surface area contributed by atoms with Gasteiger partial charge < -0.3 is 4.74 Å². The number of aromatic nitrogens is 4. The Morgan fingerprint density at radius 1 is 1.00 bits per heavy atom. The van der Waals surface area contributed by atoms with Crippen LogP contribution in [0.15, 0.2) is 59.0 Å². The first-order valence-electron chi connectivity index (χ1n) is 8.52. The van der Waals surface area contributed by atoms with Gasteiger partial charge in [-0.2, -0.15) is 13.2 Å². The number of halogens is 3. The lowest BCUT2D eigenvalue weighted by atomic mass is 10.2. The van der Waals surface area contributed by atoms with Crippen LogP contribution in [0.2, 0.25) is 0 Å². The first-order chi connectivity index (χ1) is 14.0. The van der Waals surface area contributed by atoms with Gasteiger partial charge in [-0.15, -0.1) is 6.42 Å². The maximum Gasteiger partial charge on any atom is 0.416 e. The van der Waals surface area contributed by atoms with Crippen LogP contribution >= 0.6 is 11.8 Å². The molecular weight excluding hydrogens is 401 g/mol. The number of benzene rings is 1. The van der Waals surface area contributed by atoms with Crippen molar-refractivity contribution in [3.63, 3.8) is 0 Å². The van der Waals surface area contributed by atoms with Crippen molar-refractivity contribution in [1.82, 2.24) is 19.9 Å². The predicted molar refractivity (Wildman–Crippen MR) is 104 cm³/mol. The zero-order chi connectivity index (χ0) is 21.3. The van der Waals surface area contributed by atoms with E-state index in [9.17, 15) is 13.2 Å². The molecule has 0 N–H and O–H groups in total. The lowest BCUT2D eigenvalue weighted by Gasteiger charge is -2.09. The number of hydrogen-bond donors (Lipinski definition) is 0. The maximum atomic E-state index is 12.7. The Bertz CT molecular complexity index is 955. The standard InChI is InChI=1S/C18H11F3N4OS.C2H6/c1-2-9-26-17-24-10-12(11-25-17)15-16(23-8-7-22-15)27-14-5-3-13(4-6-14)18(19,20)21;1-2/h1,3-8,10-11H,9H2;1-2H3. The van der Waals surface area contributed by atoms with Gasteiger partial charge in [-0.05, 0) is 24.3 Å². The SMILES string of the molecule is C#CCOc1ncc(-c2nccnc2Sc2ccc(C(F)(F)F)cc2)cn1.CC. The first kappa shape index (κ1) is 22.2. The van der Waals surface area contributed by atoms with Crippen molar-refractivity contribution in [2.75, 3.05) is 6.61 Å². The number of rotatable bonds is 5. The summed E-state index contributed by atoms with van der Waals surface area (Å²) < 4.78 is 43.2. The summed E-state index contributed by atoms with van der Waals surface area (Å²) in [4.78, 5) is 17.2. The van der Waals surface area contributed by atoms with E-state index in [0.29, 0.717) is 21.2 Å². The molecule has 0 atom stereocenters. The number of hydrogen-bond acceptors (Lipinski definition) is 6. The molecule has 0 unspecified atom stereocenters. The van der Waals surface area contributed by atoms with Gasteiger partial charge in [0.05, 0.1) is 5.56 Å². The summed E-state index contributed by atoms with van der Waals surface area (Å²) >= 11 is 1.19. The van der Waals surface area contributed by atoms with Crippen LogP contribution in [0, 0.1) is 12.3 Å². The van der Waals surface area contributed by atoms with Gasteiger partial charge in [-0.25, -0.2) is 15.0 Å². The van der Waals surface area contributed by atoms with E-state index in [1.165, 1.54) is 48.7 Å². The minimum Gasteiger partial charge on any atom is -0.450 e. The molecule has 0 fully saturated rings. The van der Waals surface area contributed by atoms with Crippen molar-refractivity contribution in [3.05, 3.63) is 54.6 Å². The van der Waals surface area contributed by atoms with E-state index in [2.05, 4.69) is 25.9 Å². The molecule has 0 saturated heterocycles. The molecule has 5 nitrogen and oxygen atoms in total. The van der Waals surface area contributed by atoms with Crippen LogP contribution in [0.4, 0.5) is 13.2 Å². The zero-order valence-corrected chi connectivity index (χ0v) is 16.5. The van der Waals surface area contributed by atoms with E-state index in [1.807, 2.05) is 13.8 Å². The molecular formula is C20H17F3N4OS. The van der Waals surface area contributed by atoms with Gasteiger partial charge in [0, 0.05) is 35.2 Å². The third kappa shape index (κ3) is 6.19. The van der Waals surface area contributed by atoms with Gasteiger partial charge in [0.15, 0.2) is 6.61 Å². The largest absolute Gasteiger partial charge is 0.450 e. The minimum absolute atomic E-state index is 0.0551. The molecule has 0 saturated carbocycles. The van der Waals surface area contributed by atoms with E-state index in [-0.39, 0.29) is 12.6 Å². The predicted octanol–water partition coefficient (Wildman–Crippen LogP) is 5.14. The highest BCUT2D eigenvalue weighted by Gasteiger charge is 2.30. The second-order valence-corrected chi connectivity index (χ2v) is 6.14. The summed E-state index contributed by atoms with van der Waals surface area (Å²) in [5.41, 5.74) is 0.388. The van der Waals surface area contributed by atoms with E-state index in [4.69, 9.17) is 11.2 Å². The zero-order valence-electron chi connectivity index (χ0n) is 15.6. The summed E-state index contributed by atoms with van der Waals surface area (Å²) in [6, 6.07) is 4.97. The molecule has 9 heteroatoms. The molecule has 0 aliphatic rings. The van der Waals surface area contributed by atoms with Gasteiger partial charge in [0.2, 0.25) is 0 Å². The van der Waals surface area contributed by atoms with E-state index in [1.54, 1.807) is 0 Å².